The molecule has 2 aromatic carbocycles. The van der Waals surface area contributed by atoms with E-state index in [1.165, 1.54) is 11.1 Å². The maximum Gasteiger partial charge on any atom is 0.257 e. The van der Waals surface area contributed by atoms with E-state index in [2.05, 4.69) is 56.4 Å². The van der Waals surface area contributed by atoms with E-state index in [0.29, 0.717) is 0 Å². The van der Waals surface area contributed by atoms with Crippen molar-refractivity contribution in [2.24, 2.45) is 0 Å². The Morgan fingerprint density at radius 2 is 1.64 bits per heavy atom. The van der Waals surface area contributed by atoms with Crippen LogP contribution in [0.25, 0.3) is 5.69 Å². The third-order valence-corrected chi connectivity index (χ3v) is 6.24. The fraction of sp³-hybridized carbons (Fsp3) is 0.304. The number of nitrogens with zero attached hydrogens (tertiary/aromatic N) is 2. The molecule has 5 heteroatoms. The van der Waals surface area contributed by atoms with Crippen LogP contribution in [0.4, 0.5) is 5.82 Å². The molecule has 0 atom stereocenters. The van der Waals surface area contributed by atoms with E-state index in [9.17, 15) is 4.79 Å². The Morgan fingerprint density at radius 3 is 2.32 bits per heavy atom. The summed E-state index contributed by atoms with van der Waals surface area (Å²) >= 11 is 1.84. The number of aromatic nitrogens is 2. The van der Waals surface area contributed by atoms with Crippen LogP contribution in [-0.2, 0) is 11.5 Å². The summed E-state index contributed by atoms with van der Waals surface area (Å²) in [6, 6.07) is 10.4. The van der Waals surface area contributed by atoms with Gasteiger partial charge in [-0.3, -0.25) is 4.79 Å². The van der Waals surface area contributed by atoms with E-state index < -0.39 is 0 Å². The van der Waals surface area contributed by atoms with Gasteiger partial charge in [0.2, 0.25) is 0 Å². The molecular weight excluding hydrogens is 366 g/mol. The lowest BCUT2D eigenvalue weighted by atomic mass is 9.99. The van der Waals surface area contributed by atoms with Crippen LogP contribution in [0.3, 0.4) is 0 Å². The third kappa shape index (κ3) is 3.24. The molecule has 0 unspecified atom stereocenters. The first-order chi connectivity index (χ1) is 13.3. The lowest BCUT2D eigenvalue weighted by molar-refractivity contribution is 0.102. The van der Waals surface area contributed by atoms with Gasteiger partial charge in [0.05, 0.1) is 11.4 Å². The van der Waals surface area contributed by atoms with Crippen molar-refractivity contribution in [2.75, 3.05) is 5.32 Å². The monoisotopic (exact) mass is 391 g/mol. The Bertz CT molecular complexity index is 1070. The molecule has 0 spiro atoms. The van der Waals surface area contributed by atoms with Crippen LogP contribution in [0.15, 0.2) is 30.3 Å². The minimum absolute atomic E-state index is 0.0689. The maximum absolute atomic E-state index is 13.2. The molecule has 4 nitrogen and oxygen atoms in total. The number of thioether (sulfide) groups is 1. The van der Waals surface area contributed by atoms with E-state index in [0.717, 1.165) is 56.5 Å². The summed E-state index contributed by atoms with van der Waals surface area (Å²) in [7, 11) is 0. The van der Waals surface area contributed by atoms with E-state index >= 15 is 0 Å². The van der Waals surface area contributed by atoms with Crippen molar-refractivity contribution in [2.45, 2.75) is 46.1 Å². The number of aryl methyl sites for hydroxylation is 5. The Hall–Kier alpha value is -2.53. The Kier molecular flexibility index (Phi) is 4.79. The number of anilines is 1. The van der Waals surface area contributed by atoms with Crippen molar-refractivity contribution in [3.63, 3.8) is 0 Å². The Morgan fingerprint density at radius 1 is 0.964 bits per heavy atom. The molecule has 1 aliphatic rings. The lowest BCUT2D eigenvalue weighted by Gasteiger charge is -2.15. The molecule has 0 radical (unpaired) electrons. The van der Waals surface area contributed by atoms with Gasteiger partial charge in [0.25, 0.3) is 5.91 Å². The second-order valence-electron chi connectivity index (χ2n) is 7.70. The number of nitrogens with one attached hydrogen (secondary N) is 1. The largest absolute Gasteiger partial charge is 0.306 e. The number of hydrogen-bond acceptors (Lipinski definition) is 3. The fourth-order valence-corrected chi connectivity index (χ4v) is 5.10. The molecule has 28 heavy (non-hydrogen) atoms. The van der Waals surface area contributed by atoms with E-state index in [-0.39, 0.29) is 5.91 Å². The Balaban J connectivity index is 1.79. The number of carbonyl (C=O) groups excluding carboxylic acids is 1. The zero-order valence-corrected chi connectivity index (χ0v) is 17.8. The zero-order chi connectivity index (χ0) is 20.0. The maximum atomic E-state index is 13.2. The zero-order valence-electron chi connectivity index (χ0n) is 17.0. The fourth-order valence-electron chi connectivity index (χ4n) is 4.07. The van der Waals surface area contributed by atoms with Gasteiger partial charge in [-0.1, -0.05) is 35.4 Å². The highest BCUT2D eigenvalue weighted by Gasteiger charge is 2.26. The minimum Gasteiger partial charge on any atom is -0.306 e. The summed E-state index contributed by atoms with van der Waals surface area (Å²) in [5.74, 6) is 2.50. The molecule has 3 aromatic rings. The van der Waals surface area contributed by atoms with E-state index in [4.69, 9.17) is 5.10 Å². The molecule has 1 aliphatic heterocycles. The molecule has 0 bridgehead atoms. The van der Waals surface area contributed by atoms with Crippen molar-refractivity contribution in [3.05, 3.63) is 75.0 Å². The summed E-state index contributed by atoms with van der Waals surface area (Å²) in [6.45, 7) is 10.2. The van der Waals surface area contributed by atoms with Gasteiger partial charge in [-0.15, -0.1) is 0 Å². The molecule has 0 aliphatic carbocycles. The van der Waals surface area contributed by atoms with E-state index in [1.54, 1.807) is 0 Å². The number of carbonyl (C=O) groups is 1. The van der Waals surface area contributed by atoms with Gasteiger partial charge < -0.3 is 5.32 Å². The number of amides is 1. The normalized spacial score (nSPS) is 12.9. The highest BCUT2D eigenvalue weighted by Crippen LogP contribution is 2.37. The van der Waals surface area contributed by atoms with Gasteiger partial charge in [-0.2, -0.15) is 16.9 Å². The van der Waals surface area contributed by atoms with E-state index in [1.807, 2.05) is 30.3 Å². The quantitative estimate of drug-likeness (QED) is 0.649. The van der Waals surface area contributed by atoms with Crippen molar-refractivity contribution in [1.82, 2.24) is 9.78 Å². The van der Waals surface area contributed by atoms with Gasteiger partial charge in [-0.25, -0.2) is 4.68 Å². The van der Waals surface area contributed by atoms with Crippen LogP contribution in [-0.4, -0.2) is 15.7 Å². The number of hydrogen-bond donors (Lipinski definition) is 1. The van der Waals surface area contributed by atoms with Crippen LogP contribution in [0.5, 0.6) is 0 Å². The summed E-state index contributed by atoms with van der Waals surface area (Å²) in [5, 5.41) is 8.04. The lowest BCUT2D eigenvalue weighted by Crippen LogP contribution is -2.19. The van der Waals surface area contributed by atoms with Crippen LogP contribution >= 0.6 is 11.8 Å². The standard InChI is InChI=1S/C23H25N3OS/c1-13-6-7-20(15(3)8-13)26-22(18-11-28-12-19(18)25-26)24-23(27)21-16(4)9-14(2)10-17(21)5/h6-10H,11-12H2,1-5H3,(H,24,27). The summed E-state index contributed by atoms with van der Waals surface area (Å²) in [6.07, 6.45) is 0. The minimum atomic E-state index is -0.0689. The van der Waals surface area contributed by atoms with Crippen molar-refractivity contribution in [1.29, 1.82) is 0 Å². The molecule has 1 amide bonds. The molecule has 1 aromatic heterocycles. The first-order valence-corrected chi connectivity index (χ1v) is 10.7. The van der Waals surface area contributed by atoms with Crippen LogP contribution in [0.1, 0.15) is 49.4 Å². The predicted octanol–water partition coefficient (Wildman–Crippen LogP) is 5.41. The second-order valence-corrected chi connectivity index (χ2v) is 8.68. The summed E-state index contributed by atoms with van der Waals surface area (Å²) in [5.41, 5.74) is 9.50. The van der Waals surface area contributed by atoms with Gasteiger partial charge in [0.15, 0.2) is 0 Å². The van der Waals surface area contributed by atoms with Gasteiger partial charge in [0, 0.05) is 22.6 Å². The average molecular weight is 392 g/mol. The van der Waals surface area contributed by atoms with Gasteiger partial charge in [0.1, 0.15) is 5.82 Å². The van der Waals surface area contributed by atoms with Gasteiger partial charge in [-0.05, 0) is 57.4 Å². The van der Waals surface area contributed by atoms with Crippen molar-refractivity contribution >= 4 is 23.5 Å². The average Bonchev–Trinajstić information content (AvgIpc) is 3.17. The topological polar surface area (TPSA) is 46.9 Å². The number of benzene rings is 2. The molecule has 1 N–H and O–H groups in total. The van der Waals surface area contributed by atoms with Crippen LogP contribution in [0.2, 0.25) is 0 Å². The van der Waals surface area contributed by atoms with Crippen LogP contribution < -0.4 is 5.32 Å². The molecule has 0 fully saturated rings. The SMILES string of the molecule is Cc1ccc(-n2nc3c(c2NC(=O)c2c(C)cc(C)cc2C)CSC3)c(C)c1. The van der Waals surface area contributed by atoms with Crippen LogP contribution in [0, 0.1) is 34.6 Å². The first kappa shape index (κ1) is 18.8. The molecule has 4 rings (SSSR count). The van der Waals surface area contributed by atoms with Gasteiger partial charge >= 0.3 is 0 Å². The highest BCUT2D eigenvalue weighted by atomic mass is 32.2. The predicted molar refractivity (Wildman–Crippen MR) is 117 cm³/mol. The summed E-state index contributed by atoms with van der Waals surface area (Å²) < 4.78 is 1.91. The smallest absolute Gasteiger partial charge is 0.257 e. The Labute approximate surface area is 170 Å². The highest BCUT2D eigenvalue weighted by molar-refractivity contribution is 7.98. The number of fused-ring (bicyclic) bond motifs is 1. The van der Waals surface area contributed by atoms with Crippen molar-refractivity contribution in [3.8, 4) is 5.69 Å². The number of rotatable bonds is 3. The molecule has 2 heterocycles. The first-order valence-electron chi connectivity index (χ1n) is 9.50. The van der Waals surface area contributed by atoms with Crippen molar-refractivity contribution < 1.29 is 4.79 Å². The molecule has 144 valence electrons. The third-order valence-electron chi connectivity index (χ3n) is 5.27. The summed E-state index contributed by atoms with van der Waals surface area (Å²) in [4.78, 5) is 13.2. The molecular formula is C23H25N3OS. The molecule has 0 saturated carbocycles. The second kappa shape index (κ2) is 7.13. The molecule has 0 saturated heterocycles.